The number of quaternary nitrogens is 1. The summed E-state index contributed by atoms with van der Waals surface area (Å²) in [6.45, 7) is 5.03. The molecule has 2 aliphatic heterocycles. The fourth-order valence-corrected chi connectivity index (χ4v) is 5.77. The van der Waals surface area contributed by atoms with E-state index in [-0.39, 0.29) is 23.8 Å². The third kappa shape index (κ3) is 3.06. The molecule has 5 rings (SSSR count). The molecule has 3 heterocycles. The summed E-state index contributed by atoms with van der Waals surface area (Å²) in [6, 6.07) is 6.51. The number of likely N-dealkylation sites (tertiary alicyclic amines) is 1. The molecule has 3 aliphatic rings. The minimum Gasteiger partial charge on any atom is -0.469 e. The number of likely N-dealkylation sites (N-methyl/N-ethyl adjacent to an activating group) is 1. The van der Waals surface area contributed by atoms with Gasteiger partial charge in [-0.25, -0.2) is 0 Å². The highest BCUT2D eigenvalue weighted by atomic mass is 16.5. The van der Waals surface area contributed by atoms with E-state index in [1.54, 1.807) is 0 Å². The molecule has 0 spiro atoms. The van der Waals surface area contributed by atoms with E-state index in [1.807, 2.05) is 4.90 Å². The van der Waals surface area contributed by atoms with Crippen molar-refractivity contribution in [1.82, 2.24) is 9.88 Å². The van der Waals surface area contributed by atoms with Crippen molar-refractivity contribution in [2.45, 2.75) is 31.3 Å². The van der Waals surface area contributed by atoms with Gasteiger partial charge in [0.1, 0.15) is 19.6 Å². The summed E-state index contributed by atoms with van der Waals surface area (Å²) in [5, 5.41) is 11.2. The number of rotatable bonds is 3. The smallest absolute Gasteiger partial charge is 0.310 e. The number of nitriles is 1. The van der Waals surface area contributed by atoms with Gasteiger partial charge in [0.25, 0.3) is 0 Å². The number of methoxy groups -OCH3 is 1. The topological polar surface area (TPSA) is 78.4 Å². The summed E-state index contributed by atoms with van der Waals surface area (Å²) >= 11 is 0. The number of aromatic amines is 1. The third-order valence-corrected chi connectivity index (χ3v) is 7.44. The number of hydrogen-bond donors (Lipinski definition) is 1. The number of ether oxygens (including phenoxy) is 2. The van der Waals surface area contributed by atoms with Crippen LogP contribution < -0.4 is 0 Å². The highest BCUT2D eigenvalue weighted by Crippen LogP contribution is 2.46. The fourth-order valence-electron chi connectivity index (χ4n) is 5.77. The van der Waals surface area contributed by atoms with E-state index in [0.29, 0.717) is 6.54 Å². The van der Waals surface area contributed by atoms with Gasteiger partial charge in [0.2, 0.25) is 0 Å². The molecular formula is C23H29N4O3+. The zero-order valence-corrected chi connectivity index (χ0v) is 17.7. The first-order chi connectivity index (χ1) is 14.5. The zero-order valence-electron chi connectivity index (χ0n) is 17.7. The van der Waals surface area contributed by atoms with Gasteiger partial charge in [-0.15, -0.1) is 0 Å². The first-order valence-corrected chi connectivity index (χ1v) is 10.8. The van der Waals surface area contributed by atoms with Gasteiger partial charge in [-0.1, -0.05) is 12.1 Å². The number of nitrogens with one attached hydrogen (secondary N) is 1. The normalized spacial score (nSPS) is 27.4. The summed E-state index contributed by atoms with van der Waals surface area (Å²) in [4.78, 5) is 17.8. The van der Waals surface area contributed by atoms with Gasteiger partial charge in [0, 0.05) is 23.4 Å². The van der Waals surface area contributed by atoms with E-state index in [9.17, 15) is 10.1 Å². The molecule has 0 bridgehead atoms. The van der Waals surface area contributed by atoms with E-state index in [1.165, 1.54) is 34.8 Å². The van der Waals surface area contributed by atoms with Crippen LogP contribution in [0.3, 0.4) is 0 Å². The lowest BCUT2D eigenvalue weighted by molar-refractivity contribution is -0.929. The lowest BCUT2D eigenvalue weighted by atomic mass is 9.72. The van der Waals surface area contributed by atoms with E-state index in [4.69, 9.17) is 9.47 Å². The molecule has 158 valence electrons. The second-order valence-electron chi connectivity index (χ2n) is 9.28. The number of carbonyl (C=O) groups is 1. The number of morpholine rings is 1. The highest BCUT2D eigenvalue weighted by Gasteiger charge is 2.44. The Morgan fingerprint density at radius 3 is 2.93 bits per heavy atom. The molecule has 0 radical (unpaired) electrons. The maximum absolute atomic E-state index is 12.3. The molecule has 0 saturated carbocycles. The molecule has 1 aromatic heterocycles. The van der Waals surface area contributed by atoms with E-state index < -0.39 is 0 Å². The number of carbonyl (C=O) groups excluding carboxylic acids is 1. The molecule has 1 unspecified atom stereocenters. The van der Waals surface area contributed by atoms with E-state index >= 15 is 0 Å². The molecule has 7 nitrogen and oxygen atoms in total. The Hall–Kier alpha value is -2.56. The number of nitrogens with zero attached hydrogens (tertiary/aromatic N) is 3. The minimum atomic E-state index is -0.260. The van der Waals surface area contributed by atoms with Crippen molar-refractivity contribution in [1.29, 1.82) is 5.26 Å². The van der Waals surface area contributed by atoms with Crippen molar-refractivity contribution in [3.63, 3.8) is 0 Å². The number of H-pyrrole nitrogens is 1. The number of aromatic nitrogens is 1. The van der Waals surface area contributed by atoms with Crippen LogP contribution in [0.25, 0.3) is 10.9 Å². The number of fused-ring (bicyclic) bond motifs is 2. The summed E-state index contributed by atoms with van der Waals surface area (Å²) in [5.41, 5.74) is 5.07. The second kappa shape index (κ2) is 7.29. The van der Waals surface area contributed by atoms with Crippen molar-refractivity contribution in [2.75, 3.05) is 47.0 Å². The van der Waals surface area contributed by atoms with Crippen molar-refractivity contribution in [2.24, 2.45) is 5.92 Å². The summed E-state index contributed by atoms with van der Waals surface area (Å²) in [6.07, 6.45) is 3.95. The van der Waals surface area contributed by atoms with Crippen molar-refractivity contribution in [3.8, 4) is 6.19 Å². The quantitative estimate of drug-likeness (QED) is 0.477. The Bertz CT molecular complexity index is 1020. The number of esters is 1. The molecular weight excluding hydrogens is 380 g/mol. The molecule has 1 N–H and O–H groups in total. The van der Waals surface area contributed by atoms with Gasteiger partial charge >= 0.3 is 5.97 Å². The largest absolute Gasteiger partial charge is 0.469 e. The van der Waals surface area contributed by atoms with E-state index in [2.05, 4.69) is 36.4 Å². The Morgan fingerprint density at radius 2 is 2.20 bits per heavy atom. The Labute approximate surface area is 176 Å². The van der Waals surface area contributed by atoms with Gasteiger partial charge in [0.05, 0.1) is 45.0 Å². The van der Waals surface area contributed by atoms with Gasteiger partial charge in [0.15, 0.2) is 6.19 Å². The van der Waals surface area contributed by atoms with Crippen molar-refractivity contribution < 1.29 is 18.8 Å². The summed E-state index contributed by atoms with van der Waals surface area (Å²) < 4.78 is 11.6. The lowest BCUT2D eigenvalue weighted by Crippen LogP contribution is -2.52. The van der Waals surface area contributed by atoms with Gasteiger partial charge < -0.3 is 23.8 Å². The molecule has 1 aromatic carbocycles. The predicted octanol–water partition coefficient (Wildman–Crippen LogP) is 2.13. The van der Waals surface area contributed by atoms with Crippen LogP contribution in [0.1, 0.15) is 29.2 Å². The van der Waals surface area contributed by atoms with Crippen molar-refractivity contribution in [3.05, 3.63) is 35.0 Å². The van der Waals surface area contributed by atoms with Gasteiger partial charge in [-0.3, -0.25) is 4.79 Å². The first kappa shape index (κ1) is 19.4. The Balaban J connectivity index is 1.56. The molecule has 7 heteroatoms. The number of hydrogen-bond acceptors (Lipinski definition) is 5. The SMILES string of the molecule is COC(=O)[C@@H]1CC2c3cccc4[nH]c(C[N+]5(C)CCOCC5)c(c34)C[C@H]2N(C#N)C1. The maximum atomic E-state index is 12.3. The number of benzene rings is 1. The van der Waals surface area contributed by atoms with Crippen LogP contribution >= 0.6 is 0 Å². The molecule has 2 aromatic rings. The van der Waals surface area contributed by atoms with E-state index in [0.717, 1.165) is 50.2 Å². The van der Waals surface area contributed by atoms with Crippen LogP contribution in [0.2, 0.25) is 0 Å². The average molecular weight is 410 g/mol. The van der Waals surface area contributed by atoms with Crippen LogP contribution in [-0.2, 0) is 27.2 Å². The maximum Gasteiger partial charge on any atom is 0.310 e. The molecule has 2 fully saturated rings. The molecule has 1 aliphatic carbocycles. The van der Waals surface area contributed by atoms with Gasteiger partial charge in [-0.2, -0.15) is 5.26 Å². The molecule has 3 atom stereocenters. The standard InChI is InChI=1S/C23H29N4O3/c1-27(6-8-30-9-7-27)13-20-18-11-21-17(16-4-3-5-19(25-20)22(16)18)10-15(23(28)29-2)12-26(21)14-24/h3-5,15,17,21,25H,6-13H2,1-2H3/q+1/t15-,17?,21-/m1/s1. The monoisotopic (exact) mass is 409 g/mol. The van der Waals surface area contributed by atoms with Crippen molar-refractivity contribution >= 4 is 16.9 Å². The zero-order chi connectivity index (χ0) is 20.9. The second-order valence-corrected chi connectivity index (χ2v) is 9.28. The van der Waals surface area contributed by atoms with Crippen LogP contribution in [-0.4, -0.2) is 73.4 Å². The highest BCUT2D eigenvalue weighted by molar-refractivity contribution is 5.90. The lowest BCUT2D eigenvalue weighted by Gasteiger charge is -2.44. The predicted molar refractivity (Wildman–Crippen MR) is 111 cm³/mol. The minimum absolute atomic E-state index is 0.0959. The molecule has 2 saturated heterocycles. The van der Waals surface area contributed by atoms with Crippen LogP contribution in [0, 0.1) is 17.4 Å². The van der Waals surface area contributed by atoms with Crippen LogP contribution in [0.4, 0.5) is 0 Å². The summed E-state index contributed by atoms with van der Waals surface area (Å²) in [7, 11) is 3.73. The Morgan fingerprint density at radius 1 is 1.40 bits per heavy atom. The fraction of sp³-hybridized carbons (Fsp3) is 0.565. The number of piperidine rings is 1. The molecule has 30 heavy (non-hydrogen) atoms. The summed E-state index contributed by atoms with van der Waals surface area (Å²) in [5.74, 6) is -0.314. The van der Waals surface area contributed by atoms with Crippen LogP contribution in [0.5, 0.6) is 0 Å². The van der Waals surface area contributed by atoms with Gasteiger partial charge in [-0.05, 0) is 30.0 Å². The average Bonchev–Trinajstić information content (AvgIpc) is 3.10. The van der Waals surface area contributed by atoms with Crippen LogP contribution in [0.15, 0.2) is 18.2 Å². The first-order valence-electron chi connectivity index (χ1n) is 10.8. The third-order valence-electron chi connectivity index (χ3n) is 7.44. The Kier molecular flexibility index (Phi) is 4.72. The molecule has 0 amide bonds.